The molecule has 322 valence electrons. The molecule has 1 atom stereocenters. The largest absolute Gasteiger partial charge is 0.423 e. The number of ether oxygens (including phenoxy) is 2. The maximum absolute atomic E-state index is 6.40. The third kappa shape index (κ3) is 11.4. The SMILES string of the molecule is CCCc1cc2c(s1)CCOC21CCN(C/C(N)=C/N(N)CC(C)SC)CC1.CCc1nnc(CN(N)/C=C(\N)CN2CCC3(CC2)OCCc2sc(CC)cc23)o1. The van der Waals surface area contributed by atoms with Crippen LogP contribution in [-0.4, -0.2) is 101 Å². The zero-order valence-electron chi connectivity index (χ0n) is 35.5. The smallest absolute Gasteiger partial charge is 0.237 e. The van der Waals surface area contributed by atoms with E-state index in [0.717, 1.165) is 109 Å². The minimum Gasteiger partial charge on any atom is -0.423 e. The summed E-state index contributed by atoms with van der Waals surface area (Å²) in [7, 11) is 0. The van der Waals surface area contributed by atoms with Gasteiger partial charge in [-0.3, -0.25) is 9.80 Å². The first kappa shape index (κ1) is 44.9. The molecule has 0 bridgehead atoms. The first-order chi connectivity index (χ1) is 28.0. The predicted molar refractivity (Wildman–Crippen MR) is 238 cm³/mol. The number of likely N-dealkylation sites (tertiary alicyclic amines) is 2. The number of hydrogen-bond acceptors (Lipinski definition) is 16. The molecular formula is C42H68N10O3S3. The molecule has 0 aliphatic carbocycles. The Hall–Kier alpha value is -2.67. The van der Waals surface area contributed by atoms with Gasteiger partial charge in [0.05, 0.1) is 24.4 Å². The van der Waals surface area contributed by atoms with E-state index in [1.165, 1.54) is 43.6 Å². The van der Waals surface area contributed by atoms with Gasteiger partial charge in [-0.15, -0.1) is 32.9 Å². The number of piperidine rings is 2. The van der Waals surface area contributed by atoms with Gasteiger partial charge in [0.15, 0.2) is 0 Å². The number of thioether (sulfide) groups is 1. The summed E-state index contributed by atoms with van der Waals surface area (Å²) in [6.45, 7) is 16.9. The van der Waals surface area contributed by atoms with Crippen molar-refractivity contribution >= 4 is 34.4 Å². The molecule has 3 aromatic heterocycles. The molecule has 2 fully saturated rings. The zero-order chi connectivity index (χ0) is 41.3. The molecule has 2 saturated heterocycles. The molecule has 8 N–H and O–H groups in total. The van der Waals surface area contributed by atoms with Crippen LogP contribution in [0.5, 0.6) is 0 Å². The van der Waals surface area contributed by atoms with Crippen molar-refractivity contribution in [3.8, 4) is 0 Å². The van der Waals surface area contributed by atoms with Crippen molar-refractivity contribution in [3.05, 3.63) is 78.3 Å². The monoisotopic (exact) mass is 856 g/mol. The zero-order valence-corrected chi connectivity index (χ0v) is 37.9. The lowest BCUT2D eigenvalue weighted by atomic mass is 9.82. The van der Waals surface area contributed by atoms with Crippen molar-refractivity contribution < 1.29 is 13.9 Å². The van der Waals surface area contributed by atoms with E-state index in [-0.39, 0.29) is 11.2 Å². The van der Waals surface area contributed by atoms with Crippen LogP contribution in [0.1, 0.15) is 102 Å². The standard InChI is InChI=1S/C21H32N6O2S.C21H36N4OS2/c1-3-16-11-17-18(30-16)5-10-28-21(17)6-8-26(9-7-21)12-15(22)13-27(23)14-20-25-24-19(4-2)29-20;1-4-5-18-12-19-20(28-18)6-11-26-21(19)7-9-24(10-8-21)14-17(22)15-25(23)13-16(2)27-3/h11,13H,3-10,12,14,22-23H2,1-2H3;12,15-16H,4-11,13-14,22-23H2,1-3H3/b15-13-;17-15-. The Balaban J connectivity index is 0.000000196. The highest BCUT2D eigenvalue weighted by Gasteiger charge is 2.43. The third-order valence-corrected chi connectivity index (χ3v) is 15.3. The van der Waals surface area contributed by atoms with E-state index in [4.69, 9.17) is 37.0 Å². The van der Waals surface area contributed by atoms with Crippen LogP contribution < -0.4 is 23.2 Å². The molecule has 1 unspecified atom stereocenters. The molecule has 0 aromatic carbocycles. The molecule has 4 aliphatic heterocycles. The van der Waals surface area contributed by atoms with Crippen molar-refractivity contribution in [1.82, 2.24) is 30.0 Å². The van der Waals surface area contributed by atoms with Crippen molar-refractivity contribution in [2.75, 3.05) is 65.3 Å². The topological polar surface area (TPSA) is 174 Å². The molecule has 7 heterocycles. The van der Waals surface area contributed by atoms with Crippen molar-refractivity contribution in [1.29, 1.82) is 0 Å². The Morgan fingerprint density at radius 2 is 1.33 bits per heavy atom. The number of nitrogens with zero attached hydrogens (tertiary/aromatic N) is 6. The average molecular weight is 857 g/mol. The van der Waals surface area contributed by atoms with Crippen LogP contribution in [0.25, 0.3) is 0 Å². The van der Waals surface area contributed by atoms with Gasteiger partial charge in [-0.1, -0.05) is 34.1 Å². The summed E-state index contributed by atoms with van der Waals surface area (Å²) in [5.41, 5.74) is 16.8. The lowest BCUT2D eigenvalue weighted by Gasteiger charge is -2.44. The number of aromatic nitrogens is 2. The highest BCUT2D eigenvalue weighted by atomic mass is 32.2. The van der Waals surface area contributed by atoms with Gasteiger partial charge >= 0.3 is 0 Å². The minimum absolute atomic E-state index is 0.0707. The van der Waals surface area contributed by atoms with Gasteiger partial charge < -0.3 is 35.4 Å². The van der Waals surface area contributed by atoms with E-state index in [2.05, 4.69) is 59.2 Å². The van der Waals surface area contributed by atoms with E-state index in [1.54, 1.807) is 16.1 Å². The normalized spacial score (nSPS) is 20.1. The summed E-state index contributed by atoms with van der Waals surface area (Å²) < 4.78 is 18.3. The first-order valence-corrected chi connectivity index (χ1v) is 24.1. The van der Waals surface area contributed by atoms with Crippen molar-refractivity contribution in [2.24, 2.45) is 23.2 Å². The van der Waals surface area contributed by atoms with Crippen LogP contribution in [0, 0.1) is 0 Å². The summed E-state index contributed by atoms with van der Waals surface area (Å²) in [5.74, 6) is 13.2. The predicted octanol–water partition coefficient (Wildman–Crippen LogP) is 5.59. The molecular weight excluding hydrogens is 789 g/mol. The number of fused-ring (bicyclic) bond motifs is 4. The number of rotatable bonds is 15. The lowest BCUT2D eigenvalue weighted by molar-refractivity contribution is -0.0963. The maximum Gasteiger partial charge on any atom is 0.237 e. The van der Waals surface area contributed by atoms with Gasteiger partial charge in [0, 0.05) is 114 Å². The second-order valence-corrected chi connectivity index (χ2v) is 19.9. The van der Waals surface area contributed by atoms with E-state index < -0.39 is 0 Å². The Labute approximate surface area is 358 Å². The number of hydrogen-bond donors (Lipinski definition) is 4. The molecule has 4 aliphatic rings. The first-order valence-electron chi connectivity index (χ1n) is 21.2. The minimum atomic E-state index is -0.110. The molecule has 7 rings (SSSR count). The Kier molecular flexibility index (Phi) is 16.0. The fourth-order valence-electron chi connectivity index (χ4n) is 8.61. The fourth-order valence-corrected chi connectivity index (χ4v) is 11.4. The molecule has 16 heteroatoms. The molecule has 0 amide bonds. The van der Waals surface area contributed by atoms with E-state index in [0.29, 0.717) is 36.5 Å². The molecule has 2 spiro atoms. The van der Waals surface area contributed by atoms with E-state index >= 15 is 0 Å². The van der Waals surface area contributed by atoms with Gasteiger partial charge in [-0.25, -0.2) is 11.7 Å². The summed E-state index contributed by atoms with van der Waals surface area (Å²) in [6.07, 6.45) is 16.2. The highest BCUT2D eigenvalue weighted by molar-refractivity contribution is 7.99. The summed E-state index contributed by atoms with van der Waals surface area (Å²) in [5, 5.41) is 11.7. The van der Waals surface area contributed by atoms with Crippen LogP contribution in [0.3, 0.4) is 0 Å². The number of aryl methyl sites for hydroxylation is 3. The average Bonchev–Trinajstić information content (AvgIpc) is 3.96. The highest BCUT2D eigenvalue weighted by Crippen LogP contribution is 2.46. The molecule has 0 saturated carbocycles. The van der Waals surface area contributed by atoms with Crippen molar-refractivity contribution in [2.45, 2.75) is 115 Å². The molecule has 58 heavy (non-hydrogen) atoms. The summed E-state index contributed by atoms with van der Waals surface area (Å²) in [4.78, 5) is 10.9. The van der Waals surface area contributed by atoms with Crippen LogP contribution >= 0.6 is 34.4 Å². The van der Waals surface area contributed by atoms with Crippen molar-refractivity contribution in [3.63, 3.8) is 0 Å². The fraction of sp³-hybridized carbons (Fsp3) is 0.667. The van der Waals surface area contributed by atoms with Crippen LogP contribution in [-0.2, 0) is 59.3 Å². The Bertz CT molecular complexity index is 1810. The Morgan fingerprint density at radius 3 is 1.83 bits per heavy atom. The summed E-state index contributed by atoms with van der Waals surface area (Å²) in [6, 6.07) is 4.82. The second-order valence-electron chi connectivity index (χ2n) is 16.2. The quantitative estimate of drug-likeness (QED) is 0.110. The van der Waals surface area contributed by atoms with Gasteiger partial charge in [-0.2, -0.15) is 11.8 Å². The molecule has 13 nitrogen and oxygen atoms in total. The molecule has 3 aromatic rings. The molecule has 0 radical (unpaired) electrons. The third-order valence-electron chi connectivity index (χ3n) is 11.8. The van der Waals surface area contributed by atoms with E-state index in [9.17, 15) is 0 Å². The van der Waals surface area contributed by atoms with Gasteiger partial charge in [-0.05, 0) is 68.0 Å². The Morgan fingerprint density at radius 1 is 0.810 bits per heavy atom. The van der Waals surface area contributed by atoms with Gasteiger partial charge in [0.25, 0.3) is 0 Å². The van der Waals surface area contributed by atoms with Crippen LogP contribution in [0.2, 0.25) is 0 Å². The van der Waals surface area contributed by atoms with Gasteiger partial charge in [0.1, 0.15) is 6.54 Å². The van der Waals surface area contributed by atoms with Crippen LogP contribution in [0.15, 0.2) is 40.3 Å². The second kappa shape index (κ2) is 20.7. The summed E-state index contributed by atoms with van der Waals surface area (Å²) >= 11 is 5.79. The van der Waals surface area contributed by atoms with E-state index in [1.807, 2.05) is 47.6 Å². The number of hydrazine groups is 2. The van der Waals surface area contributed by atoms with Gasteiger partial charge in [0.2, 0.25) is 11.8 Å². The number of nitrogens with two attached hydrogens (primary N) is 4. The van der Waals surface area contributed by atoms with Crippen LogP contribution in [0.4, 0.5) is 0 Å². The number of thiophene rings is 2. The lowest BCUT2D eigenvalue weighted by Crippen LogP contribution is -2.47. The maximum atomic E-state index is 6.40.